The fourth-order valence-electron chi connectivity index (χ4n) is 3.16. The molecule has 0 aromatic carbocycles. The molecule has 0 aromatic heterocycles. The Labute approximate surface area is 99.3 Å². The zero-order valence-corrected chi connectivity index (χ0v) is 10.5. The Morgan fingerprint density at radius 2 is 2.12 bits per heavy atom. The molecule has 2 aliphatic rings. The molecule has 2 rings (SSSR count). The van der Waals surface area contributed by atoms with E-state index in [0.29, 0.717) is 18.2 Å². The summed E-state index contributed by atoms with van der Waals surface area (Å²) >= 11 is 0. The number of piperidine rings is 1. The van der Waals surface area contributed by atoms with Crippen LogP contribution in [-0.2, 0) is 4.74 Å². The van der Waals surface area contributed by atoms with Gasteiger partial charge >= 0.3 is 0 Å². The van der Waals surface area contributed by atoms with Gasteiger partial charge in [-0.05, 0) is 39.0 Å². The average molecular weight is 226 g/mol. The fraction of sp³-hybridized carbons (Fsp3) is 1.00. The van der Waals surface area contributed by atoms with Crippen molar-refractivity contribution in [3.05, 3.63) is 0 Å². The topological polar surface area (TPSA) is 38.5 Å². The fourth-order valence-corrected chi connectivity index (χ4v) is 3.16. The molecule has 2 N–H and O–H groups in total. The second-order valence-electron chi connectivity index (χ2n) is 5.33. The molecule has 0 spiro atoms. The van der Waals surface area contributed by atoms with Crippen LogP contribution < -0.4 is 5.73 Å². The smallest absolute Gasteiger partial charge is 0.0588 e. The van der Waals surface area contributed by atoms with Crippen molar-refractivity contribution < 1.29 is 4.74 Å². The van der Waals surface area contributed by atoms with Crippen molar-refractivity contribution in [2.75, 3.05) is 19.7 Å². The molecule has 3 unspecified atom stereocenters. The summed E-state index contributed by atoms with van der Waals surface area (Å²) in [6, 6.07) is 1.33. The molecule has 0 radical (unpaired) electrons. The Balaban J connectivity index is 1.79. The van der Waals surface area contributed by atoms with E-state index >= 15 is 0 Å². The third-order valence-electron chi connectivity index (χ3n) is 4.20. The van der Waals surface area contributed by atoms with Gasteiger partial charge in [-0.25, -0.2) is 0 Å². The highest BCUT2D eigenvalue weighted by Gasteiger charge is 2.27. The van der Waals surface area contributed by atoms with Gasteiger partial charge in [0.15, 0.2) is 0 Å². The lowest BCUT2D eigenvalue weighted by Gasteiger charge is -2.40. The number of likely N-dealkylation sites (tertiary alicyclic amines) is 1. The van der Waals surface area contributed by atoms with Crippen molar-refractivity contribution in [1.82, 2.24) is 4.90 Å². The van der Waals surface area contributed by atoms with Crippen LogP contribution >= 0.6 is 0 Å². The molecule has 2 fully saturated rings. The number of rotatable bonds is 4. The van der Waals surface area contributed by atoms with Crippen molar-refractivity contribution in [1.29, 1.82) is 0 Å². The Bertz CT molecular complexity index is 204. The van der Waals surface area contributed by atoms with Crippen LogP contribution in [0.4, 0.5) is 0 Å². The van der Waals surface area contributed by atoms with Crippen molar-refractivity contribution in [3.8, 4) is 0 Å². The summed E-state index contributed by atoms with van der Waals surface area (Å²) in [5.74, 6) is 0. The average Bonchev–Trinajstić information content (AvgIpc) is 2.80. The SMILES string of the molecule is CC1CCCC(CN)N1CCC1CCCO1. The predicted octanol–water partition coefficient (Wildman–Crippen LogP) is 1.76. The molecule has 2 aliphatic heterocycles. The molecule has 2 heterocycles. The molecular weight excluding hydrogens is 200 g/mol. The van der Waals surface area contributed by atoms with Crippen molar-refractivity contribution in [2.45, 2.75) is 63.6 Å². The van der Waals surface area contributed by atoms with E-state index in [1.54, 1.807) is 0 Å². The zero-order chi connectivity index (χ0) is 11.4. The first-order valence-electron chi connectivity index (χ1n) is 6.88. The quantitative estimate of drug-likeness (QED) is 0.794. The summed E-state index contributed by atoms with van der Waals surface area (Å²) in [5, 5.41) is 0. The summed E-state index contributed by atoms with van der Waals surface area (Å²) in [7, 11) is 0. The second-order valence-corrected chi connectivity index (χ2v) is 5.33. The Hall–Kier alpha value is -0.120. The number of hydrogen-bond acceptors (Lipinski definition) is 3. The number of nitrogens with two attached hydrogens (primary N) is 1. The van der Waals surface area contributed by atoms with Gasteiger partial charge in [0, 0.05) is 31.8 Å². The summed E-state index contributed by atoms with van der Waals surface area (Å²) in [4.78, 5) is 2.62. The number of hydrogen-bond donors (Lipinski definition) is 1. The summed E-state index contributed by atoms with van der Waals surface area (Å²) < 4.78 is 5.69. The first kappa shape index (κ1) is 12.3. The van der Waals surface area contributed by atoms with E-state index in [9.17, 15) is 0 Å². The lowest BCUT2D eigenvalue weighted by Crippen LogP contribution is -2.49. The Morgan fingerprint density at radius 3 is 2.81 bits per heavy atom. The molecule has 3 nitrogen and oxygen atoms in total. The lowest BCUT2D eigenvalue weighted by atomic mass is 9.96. The maximum absolute atomic E-state index is 5.87. The van der Waals surface area contributed by atoms with Crippen LogP contribution in [0.1, 0.15) is 45.4 Å². The normalized spacial score (nSPS) is 36.8. The van der Waals surface area contributed by atoms with Crippen LogP contribution in [0.5, 0.6) is 0 Å². The molecule has 0 saturated carbocycles. The van der Waals surface area contributed by atoms with Gasteiger partial charge in [0.25, 0.3) is 0 Å². The molecule has 3 atom stereocenters. The van der Waals surface area contributed by atoms with Gasteiger partial charge in [-0.1, -0.05) is 6.42 Å². The van der Waals surface area contributed by atoms with Crippen LogP contribution in [-0.4, -0.2) is 42.8 Å². The van der Waals surface area contributed by atoms with Gasteiger partial charge in [-0.2, -0.15) is 0 Å². The zero-order valence-electron chi connectivity index (χ0n) is 10.5. The van der Waals surface area contributed by atoms with Crippen LogP contribution in [0.3, 0.4) is 0 Å². The first-order chi connectivity index (χ1) is 7.81. The van der Waals surface area contributed by atoms with Crippen molar-refractivity contribution >= 4 is 0 Å². The predicted molar refractivity (Wildman–Crippen MR) is 66.5 cm³/mol. The standard InChI is InChI=1S/C13H26N2O/c1-11-4-2-5-12(10-14)15(11)8-7-13-6-3-9-16-13/h11-13H,2-10,14H2,1H3. The van der Waals surface area contributed by atoms with E-state index in [0.717, 1.165) is 13.2 Å². The Kier molecular flexibility index (Phi) is 4.62. The van der Waals surface area contributed by atoms with E-state index in [1.165, 1.54) is 45.1 Å². The first-order valence-corrected chi connectivity index (χ1v) is 6.88. The molecule has 0 bridgehead atoms. The maximum Gasteiger partial charge on any atom is 0.0588 e. The van der Waals surface area contributed by atoms with Crippen molar-refractivity contribution in [2.24, 2.45) is 5.73 Å². The summed E-state index contributed by atoms with van der Waals surface area (Å²) in [6.45, 7) is 5.31. The van der Waals surface area contributed by atoms with Gasteiger partial charge in [0.2, 0.25) is 0 Å². The molecule has 94 valence electrons. The van der Waals surface area contributed by atoms with Gasteiger partial charge < -0.3 is 10.5 Å². The van der Waals surface area contributed by atoms with E-state index in [2.05, 4.69) is 11.8 Å². The maximum atomic E-state index is 5.87. The van der Waals surface area contributed by atoms with Crippen LogP contribution in [0.15, 0.2) is 0 Å². The van der Waals surface area contributed by atoms with E-state index < -0.39 is 0 Å². The number of ether oxygens (including phenoxy) is 1. The van der Waals surface area contributed by atoms with Gasteiger partial charge in [0.1, 0.15) is 0 Å². The minimum atomic E-state index is 0.521. The second kappa shape index (κ2) is 5.99. The molecular formula is C13H26N2O. The lowest BCUT2D eigenvalue weighted by molar-refractivity contribution is 0.0560. The number of nitrogens with zero attached hydrogens (tertiary/aromatic N) is 1. The van der Waals surface area contributed by atoms with E-state index in [-0.39, 0.29) is 0 Å². The Morgan fingerprint density at radius 1 is 1.25 bits per heavy atom. The molecule has 0 aliphatic carbocycles. The van der Waals surface area contributed by atoms with Crippen LogP contribution in [0.25, 0.3) is 0 Å². The molecule has 3 heteroatoms. The largest absolute Gasteiger partial charge is 0.378 e. The summed E-state index contributed by atoms with van der Waals surface area (Å²) in [5.41, 5.74) is 5.87. The highest BCUT2D eigenvalue weighted by Crippen LogP contribution is 2.24. The third-order valence-corrected chi connectivity index (χ3v) is 4.20. The third kappa shape index (κ3) is 2.96. The molecule has 2 saturated heterocycles. The van der Waals surface area contributed by atoms with Gasteiger partial charge in [-0.3, -0.25) is 4.90 Å². The minimum absolute atomic E-state index is 0.521. The van der Waals surface area contributed by atoms with E-state index in [1.807, 2.05) is 0 Å². The molecule has 16 heavy (non-hydrogen) atoms. The van der Waals surface area contributed by atoms with Crippen LogP contribution in [0, 0.1) is 0 Å². The minimum Gasteiger partial charge on any atom is -0.378 e. The highest BCUT2D eigenvalue weighted by molar-refractivity contribution is 4.83. The summed E-state index contributed by atoms with van der Waals surface area (Å²) in [6.07, 6.45) is 8.19. The van der Waals surface area contributed by atoms with Crippen molar-refractivity contribution in [3.63, 3.8) is 0 Å². The molecule has 0 amide bonds. The van der Waals surface area contributed by atoms with Gasteiger partial charge in [0.05, 0.1) is 6.10 Å². The van der Waals surface area contributed by atoms with E-state index in [4.69, 9.17) is 10.5 Å². The van der Waals surface area contributed by atoms with Crippen LogP contribution in [0.2, 0.25) is 0 Å². The highest BCUT2D eigenvalue weighted by atomic mass is 16.5. The molecule has 0 aromatic rings. The monoisotopic (exact) mass is 226 g/mol. The van der Waals surface area contributed by atoms with Gasteiger partial charge in [-0.15, -0.1) is 0 Å².